The third-order valence-electron chi connectivity index (χ3n) is 3.20. The molecule has 0 aliphatic heterocycles. The van der Waals surface area contributed by atoms with Crippen LogP contribution in [-0.2, 0) is 13.0 Å². The Bertz CT molecular complexity index is 597. The summed E-state index contributed by atoms with van der Waals surface area (Å²) < 4.78 is 5.24. The zero-order valence-electron chi connectivity index (χ0n) is 14.4. The van der Waals surface area contributed by atoms with Crippen molar-refractivity contribution in [1.82, 2.24) is 20.8 Å². The fraction of sp³-hybridized carbons (Fsp3) is 0.562. The van der Waals surface area contributed by atoms with Crippen LogP contribution in [-0.4, -0.2) is 29.2 Å². The Morgan fingerprint density at radius 1 is 1.38 bits per heavy atom. The molecule has 0 unspecified atom stereocenters. The summed E-state index contributed by atoms with van der Waals surface area (Å²) in [5.41, 5.74) is 1.24. The maximum atomic E-state index is 5.24. The molecule has 0 atom stereocenters. The maximum Gasteiger partial charge on any atom is 0.226 e. The molecule has 0 spiro atoms. The molecule has 0 bridgehead atoms. The highest BCUT2D eigenvalue weighted by Gasteiger charge is 2.09. The molecule has 0 radical (unpaired) electrons. The van der Waals surface area contributed by atoms with Gasteiger partial charge in [0.05, 0.1) is 6.54 Å². The monoisotopic (exact) mass is 463 g/mol. The first-order valence-corrected chi connectivity index (χ1v) is 8.99. The van der Waals surface area contributed by atoms with Crippen molar-refractivity contribution in [3.8, 4) is 0 Å². The van der Waals surface area contributed by atoms with Crippen molar-refractivity contribution in [2.75, 3.05) is 13.1 Å². The predicted octanol–water partition coefficient (Wildman–Crippen LogP) is 3.56. The number of nitrogens with one attached hydrogen (secondary N) is 2. The molecule has 0 aliphatic rings. The van der Waals surface area contributed by atoms with Crippen molar-refractivity contribution in [1.29, 1.82) is 0 Å². The summed E-state index contributed by atoms with van der Waals surface area (Å²) in [7, 11) is 0. The van der Waals surface area contributed by atoms with Crippen molar-refractivity contribution >= 4 is 41.3 Å². The van der Waals surface area contributed by atoms with Crippen LogP contribution in [0.2, 0.25) is 0 Å². The van der Waals surface area contributed by atoms with Gasteiger partial charge in [-0.3, -0.25) is 0 Å². The van der Waals surface area contributed by atoms with E-state index in [1.807, 2.05) is 0 Å². The van der Waals surface area contributed by atoms with E-state index in [4.69, 9.17) is 4.52 Å². The molecule has 24 heavy (non-hydrogen) atoms. The van der Waals surface area contributed by atoms with E-state index in [0.29, 0.717) is 18.4 Å². The van der Waals surface area contributed by atoms with E-state index in [1.54, 1.807) is 11.3 Å². The van der Waals surface area contributed by atoms with Crippen LogP contribution < -0.4 is 10.6 Å². The van der Waals surface area contributed by atoms with E-state index < -0.39 is 0 Å². The average Bonchev–Trinajstić information content (AvgIpc) is 3.20. The summed E-state index contributed by atoms with van der Waals surface area (Å²) in [5, 5.41) is 14.8. The molecule has 0 saturated carbocycles. The maximum absolute atomic E-state index is 5.24. The van der Waals surface area contributed by atoms with Gasteiger partial charge in [0.15, 0.2) is 11.8 Å². The van der Waals surface area contributed by atoms with Gasteiger partial charge in [0.1, 0.15) is 0 Å². The Labute approximate surface area is 164 Å². The summed E-state index contributed by atoms with van der Waals surface area (Å²) in [4.78, 5) is 8.96. The number of nitrogens with zero attached hydrogens (tertiary/aromatic N) is 3. The van der Waals surface area contributed by atoms with Gasteiger partial charge in [0.2, 0.25) is 5.89 Å². The van der Waals surface area contributed by atoms with Crippen molar-refractivity contribution in [2.45, 2.75) is 46.1 Å². The third kappa shape index (κ3) is 7.16. The van der Waals surface area contributed by atoms with Crippen LogP contribution in [0.15, 0.2) is 26.3 Å². The summed E-state index contributed by atoms with van der Waals surface area (Å²) in [6.45, 7) is 8.53. The van der Waals surface area contributed by atoms with Crippen LogP contribution in [0.25, 0.3) is 0 Å². The van der Waals surface area contributed by atoms with Gasteiger partial charge in [-0.25, -0.2) is 4.99 Å². The van der Waals surface area contributed by atoms with E-state index in [9.17, 15) is 0 Å². The fourth-order valence-electron chi connectivity index (χ4n) is 1.95. The molecule has 0 amide bonds. The van der Waals surface area contributed by atoms with Gasteiger partial charge >= 0.3 is 0 Å². The fourth-order valence-corrected chi connectivity index (χ4v) is 2.61. The number of hydrogen-bond acceptors (Lipinski definition) is 5. The summed E-state index contributed by atoms with van der Waals surface area (Å²) in [6, 6.07) is 2.10. The standard InChI is InChI=1S/C16H25N5OS.HI/c1-4-17-16(19-10-13-7-9-23-11-13)18-8-5-6-14-20-15(12(2)3)21-22-14;/h7,9,11-12H,4-6,8,10H2,1-3H3,(H2,17,18,19);1H. The zero-order valence-corrected chi connectivity index (χ0v) is 17.6. The smallest absolute Gasteiger partial charge is 0.226 e. The second kappa shape index (κ2) is 11.4. The molecule has 2 aromatic rings. The molecule has 2 N–H and O–H groups in total. The van der Waals surface area contributed by atoms with Crippen LogP contribution in [0.3, 0.4) is 0 Å². The van der Waals surface area contributed by atoms with E-state index in [-0.39, 0.29) is 24.0 Å². The molecule has 2 rings (SSSR count). The highest BCUT2D eigenvalue weighted by Crippen LogP contribution is 2.10. The molecule has 8 heteroatoms. The number of guanidine groups is 1. The van der Waals surface area contributed by atoms with Gasteiger partial charge in [0.25, 0.3) is 0 Å². The van der Waals surface area contributed by atoms with Gasteiger partial charge in [0, 0.05) is 25.4 Å². The minimum Gasteiger partial charge on any atom is -0.357 e. The first-order valence-electron chi connectivity index (χ1n) is 8.04. The van der Waals surface area contributed by atoms with Crippen LogP contribution in [0.5, 0.6) is 0 Å². The van der Waals surface area contributed by atoms with Crippen molar-refractivity contribution in [2.24, 2.45) is 4.99 Å². The Hall–Kier alpha value is -1.16. The molecule has 134 valence electrons. The van der Waals surface area contributed by atoms with Crippen LogP contribution in [0.1, 0.15) is 50.4 Å². The second-order valence-electron chi connectivity index (χ2n) is 5.56. The Morgan fingerprint density at radius 3 is 2.83 bits per heavy atom. The molecule has 0 fully saturated rings. The van der Waals surface area contributed by atoms with Gasteiger partial charge in [-0.15, -0.1) is 24.0 Å². The first kappa shape index (κ1) is 20.9. The van der Waals surface area contributed by atoms with Gasteiger partial charge in [-0.2, -0.15) is 16.3 Å². The topological polar surface area (TPSA) is 75.3 Å². The Morgan fingerprint density at radius 2 is 2.21 bits per heavy atom. The number of aromatic nitrogens is 2. The minimum atomic E-state index is 0. The number of aryl methyl sites for hydroxylation is 1. The third-order valence-corrected chi connectivity index (χ3v) is 3.94. The van der Waals surface area contributed by atoms with E-state index in [2.05, 4.69) is 63.4 Å². The lowest BCUT2D eigenvalue weighted by Crippen LogP contribution is -2.37. The lowest BCUT2D eigenvalue weighted by molar-refractivity contribution is 0.368. The molecule has 0 aromatic carbocycles. The molecular formula is C16H26IN5OS. The zero-order chi connectivity index (χ0) is 16.5. The van der Waals surface area contributed by atoms with Gasteiger partial charge in [-0.1, -0.05) is 19.0 Å². The van der Waals surface area contributed by atoms with E-state index in [0.717, 1.165) is 37.7 Å². The van der Waals surface area contributed by atoms with Crippen molar-refractivity contribution in [3.63, 3.8) is 0 Å². The number of rotatable bonds is 8. The summed E-state index contributed by atoms with van der Waals surface area (Å²) in [5.74, 6) is 2.62. The first-order chi connectivity index (χ1) is 11.2. The quantitative estimate of drug-likeness (QED) is 0.271. The highest BCUT2D eigenvalue weighted by molar-refractivity contribution is 14.0. The van der Waals surface area contributed by atoms with E-state index >= 15 is 0 Å². The second-order valence-corrected chi connectivity index (χ2v) is 6.34. The van der Waals surface area contributed by atoms with E-state index in [1.165, 1.54) is 5.56 Å². The average molecular weight is 463 g/mol. The Kier molecular flexibility index (Phi) is 9.92. The number of aliphatic imine (C=N–C) groups is 1. The SMILES string of the molecule is CCNC(=NCc1ccsc1)NCCCc1nc(C(C)C)no1.I. The molecule has 0 saturated heterocycles. The summed E-state index contributed by atoms with van der Waals surface area (Å²) in [6.07, 6.45) is 1.69. The molecule has 2 heterocycles. The minimum absolute atomic E-state index is 0. The molecular weight excluding hydrogens is 437 g/mol. The lowest BCUT2D eigenvalue weighted by atomic mass is 10.2. The van der Waals surface area contributed by atoms with Crippen LogP contribution in [0, 0.1) is 0 Å². The lowest BCUT2D eigenvalue weighted by Gasteiger charge is -2.10. The van der Waals surface area contributed by atoms with Crippen molar-refractivity contribution in [3.05, 3.63) is 34.1 Å². The Balaban J connectivity index is 0.00000288. The number of hydrogen-bond donors (Lipinski definition) is 2. The van der Waals surface area contributed by atoms with Gasteiger partial charge in [-0.05, 0) is 35.7 Å². The number of thiophene rings is 1. The van der Waals surface area contributed by atoms with Crippen molar-refractivity contribution < 1.29 is 4.52 Å². The highest BCUT2D eigenvalue weighted by atomic mass is 127. The van der Waals surface area contributed by atoms with Crippen LogP contribution in [0.4, 0.5) is 0 Å². The molecule has 6 nitrogen and oxygen atoms in total. The largest absolute Gasteiger partial charge is 0.357 e. The molecule has 2 aromatic heterocycles. The van der Waals surface area contributed by atoms with Gasteiger partial charge < -0.3 is 15.2 Å². The number of halogens is 1. The predicted molar refractivity (Wildman–Crippen MR) is 109 cm³/mol. The normalized spacial score (nSPS) is 11.4. The molecule has 0 aliphatic carbocycles. The van der Waals surface area contributed by atoms with Crippen LogP contribution >= 0.6 is 35.3 Å². The summed E-state index contributed by atoms with van der Waals surface area (Å²) >= 11 is 1.69.